The Balaban J connectivity index is 2.27. The van der Waals surface area contributed by atoms with Crippen molar-refractivity contribution in [2.24, 2.45) is 0 Å². The van der Waals surface area contributed by atoms with Crippen molar-refractivity contribution in [2.75, 3.05) is 6.54 Å². The van der Waals surface area contributed by atoms with Crippen molar-refractivity contribution < 1.29 is 5.11 Å². The van der Waals surface area contributed by atoms with Gasteiger partial charge in [0.05, 0.1) is 5.60 Å². The third kappa shape index (κ3) is 8.93. The molecule has 0 aromatic rings. The predicted molar refractivity (Wildman–Crippen MR) is 78.9 cm³/mol. The van der Waals surface area contributed by atoms with Crippen LogP contribution in [0.4, 0.5) is 0 Å². The molecule has 0 bridgehead atoms. The quantitative estimate of drug-likeness (QED) is 0.798. The van der Waals surface area contributed by atoms with Gasteiger partial charge >= 0.3 is 0 Å². The van der Waals surface area contributed by atoms with Crippen LogP contribution in [0.15, 0.2) is 0 Å². The minimum Gasteiger partial charge on any atom is -0.389 e. The second-order valence-corrected chi connectivity index (χ2v) is 6.65. The average Bonchev–Trinajstić information content (AvgIpc) is 2.27. The van der Waals surface area contributed by atoms with Crippen LogP contribution in [0, 0.1) is 0 Å². The number of rotatable bonds is 3. The molecular formula is C16H33NO. The van der Waals surface area contributed by atoms with Crippen molar-refractivity contribution in [3.8, 4) is 0 Å². The molecule has 0 aromatic carbocycles. The monoisotopic (exact) mass is 255 g/mol. The zero-order chi connectivity index (χ0) is 13.3. The van der Waals surface area contributed by atoms with Crippen LogP contribution < -0.4 is 5.32 Å². The van der Waals surface area contributed by atoms with Gasteiger partial charge in [-0.1, -0.05) is 57.8 Å². The lowest BCUT2D eigenvalue weighted by atomic mass is 9.97. The Kier molecular flexibility index (Phi) is 7.92. The summed E-state index contributed by atoms with van der Waals surface area (Å²) < 4.78 is 0. The zero-order valence-electron chi connectivity index (χ0n) is 12.5. The van der Waals surface area contributed by atoms with E-state index < -0.39 is 5.60 Å². The highest BCUT2D eigenvalue weighted by molar-refractivity contribution is 4.74. The molecule has 0 aromatic heterocycles. The Morgan fingerprint density at radius 1 is 0.833 bits per heavy atom. The minimum absolute atomic E-state index is 0.580. The van der Waals surface area contributed by atoms with E-state index >= 15 is 0 Å². The lowest BCUT2D eigenvalue weighted by Gasteiger charge is -2.24. The SMILES string of the molecule is CC(C)(O)CNC1CCCCCCCCCCC1. The summed E-state index contributed by atoms with van der Waals surface area (Å²) in [5.41, 5.74) is -0.580. The Labute approximate surface area is 114 Å². The molecule has 0 amide bonds. The van der Waals surface area contributed by atoms with E-state index in [0.29, 0.717) is 6.04 Å². The fourth-order valence-electron chi connectivity index (χ4n) is 2.76. The normalized spacial score (nSPS) is 22.2. The summed E-state index contributed by atoms with van der Waals surface area (Å²) in [5.74, 6) is 0. The van der Waals surface area contributed by atoms with Gasteiger partial charge in [0.2, 0.25) is 0 Å². The van der Waals surface area contributed by atoms with E-state index in [1.54, 1.807) is 0 Å². The summed E-state index contributed by atoms with van der Waals surface area (Å²) in [6, 6.07) is 0.621. The van der Waals surface area contributed by atoms with Gasteiger partial charge in [-0.05, 0) is 26.7 Å². The van der Waals surface area contributed by atoms with E-state index in [9.17, 15) is 5.11 Å². The van der Waals surface area contributed by atoms with Crippen molar-refractivity contribution >= 4 is 0 Å². The van der Waals surface area contributed by atoms with Crippen molar-refractivity contribution in [1.82, 2.24) is 5.32 Å². The molecular weight excluding hydrogens is 222 g/mol. The van der Waals surface area contributed by atoms with Gasteiger partial charge in [-0.3, -0.25) is 0 Å². The van der Waals surface area contributed by atoms with E-state index in [-0.39, 0.29) is 0 Å². The second-order valence-electron chi connectivity index (χ2n) is 6.65. The fourth-order valence-corrected chi connectivity index (χ4v) is 2.76. The van der Waals surface area contributed by atoms with E-state index in [2.05, 4.69) is 5.32 Å². The highest BCUT2D eigenvalue weighted by Crippen LogP contribution is 2.17. The summed E-state index contributed by atoms with van der Waals surface area (Å²) in [4.78, 5) is 0. The molecule has 0 heterocycles. The molecule has 2 N–H and O–H groups in total. The molecule has 108 valence electrons. The molecule has 1 rings (SSSR count). The Morgan fingerprint density at radius 2 is 1.22 bits per heavy atom. The molecule has 1 aliphatic carbocycles. The summed E-state index contributed by atoms with van der Waals surface area (Å²) >= 11 is 0. The summed E-state index contributed by atoms with van der Waals surface area (Å²) in [5, 5.41) is 13.4. The third-order valence-corrected chi connectivity index (χ3v) is 3.93. The smallest absolute Gasteiger partial charge is 0.0715 e. The molecule has 2 heteroatoms. The molecule has 0 atom stereocenters. The molecule has 18 heavy (non-hydrogen) atoms. The Morgan fingerprint density at radius 3 is 1.61 bits per heavy atom. The molecule has 0 radical (unpaired) electrons. The molecule has 0 unspecified atom stereocenters. The highest BCUT2D eigenvalue weighted by atomic mass is 16.3. The standard InChI is InChI=1S/C16H33NO/c1-16(2,18)14-17-15-12-10-8-6-4-3-5-7-9-11-13-15/h15,17-18H,3-14H2,1-2H3. The summed E-state index contributed by atoms with van der Waals surface area (Å²) in [6.07, 6.45) is 15.2. The Bertz CT molecular complexity index is 186. The van der Waals surface area contributed by atoms with Gasteiger partial charge in [-0.15, -0.1) is 0 Å². The lowest BCUT2D eigenvalue weighted by molar-refractivity contribution is 0.0753. The molecule has 0 saturated heterocycles. The van der Waals surface area contributed by atoms with Crippen molar-refractivity contribution in [3.63, 3.8) is 0 Å². The molecule has 2 nitrogen and oxygen atoms in total. The third-order valence-electron chi connectivity index (χ3n) is 3.93. The van der Waals surface area contributed by atoms with Gasteiger partial charge in [-0.2, -0.15) is 0 Å². The summed E-state index contributed by atoms with van der Waals surface area (Å²) in [7, 11) is 0. The maximum absolute atomic E-state index is 9.79. The van der Waals surface area contributed by atoms with E-state index in [1.165, 1.54) is 70.6 Å². The highest BCUT2D eigenvalue weighted by Gasteiger charge is 2.15. The number of nitrogens with one attached hydrogen (secondary N) is 1. The fraction of sp³-hybridized carbons (Fsp3) is 1.00. The molecule has 0 spiro atoms. The topological polar surface area (TPSA) is 32.3 Å². The molecule has 0 aliphatic heterocycles. The van der Waals surface area contributed by atoms with Crippen LogP contribution in [0.2, 0.25) is 0 Å². The average molecular weight is 255 g/mol. The molecule has 1 fully saturated rings. The first-order chi connectivity index (χ1) is 8.58. The van der Waals surface area contributed by atoms with E-state index in [1.807, 2.05) is 13.8 Å². The Hall–Kier alpha value is -0.0800. The van der Waals surface area contributed by atoms with Crippen molar-refractivity contribution in [2.45, 2.75) is 96.1 Å². The number of aliphatic hydroxyl groups is 1. The van der Waals surface area contributed by atoms with Gasteiger partial charge in [0.25, 0.3) is 0 Å². The van der Waals surface area contributed by atoms with E-state index in [0.717, 1.165) is 6.54 Å². The maximum Gasteiger partial charge on any atom is 0.0715 e. The predicted octanol–water partition coefficient (Wildman–Crippen LogP) is 4.02. The van der Waals surface area contributed by atoms with Crippen LogP contribution in [0.1, 0.15) is 84.5 Å². The maximum atomic E-state index is 9.79. The van der Waals surface area contributed by atoms with Gasteiger partial charge < -0.3 is 10.4 Å². The number of hydrogen-bond acceptors (Lipinski definition) is 2. The first-order valence-electron chi connectivity index (χ1n) is 8.04. The van der Waals surface area contributed by atoms with Crippen LogP contribution >= 0.6 is 0 Å². The van der Waals surface area contributed by atoms with Crippen LogP contribution in [-0.2, 0) is 0 Å². The zero-order valence-corrected chi connectivity index (χ0v) is 12.5. The van der Waals surface area contributed by atoms with E-state index in [4.69, 9.17) is 0 Å². The van der Waals surface area contributed by atoms with Crippen molar-refractivity contribution in [3.05, 3.63) is 0 Å². The lowest BCUT2D eigenvalue weighted by Crippen LogP contribution is -2.40. The minimum atomic E-state index is -0.580. The summed E-state index contributed by atoms with van der Waals surface area (Å²) in [6.45, 7) is 4.49. The molecule has 1 saturated carbocycles. The van der Waals surface area contributed by atoms with Crippen LogP contribution in [-0.4, -0.2) is 23.3 Å². The first-order valence-corrected chi connectivity index (χ1v) is 8.04. The van der Waals surface area contributed by atoms with Crippen LogP contribution in [0.25, 0.3) is 0 Å². The largest absolute Gasteiger partial charge is 0.389 e. The first kappa shape index (κ1) is 16.0. The van der Waals surface area contributed by atoms with Gasteiger partial charge in [0.15, 0.2) is 0 Å². The van der Waals surface area contributed by atoms with Gasteiger partial charge in [0, 0.05) is 12.6 Å². The van der Waals surface area contributed by atoms with Gasteiger partial charge in [-0.25, -0.2) is 0 Å². The van der Waals surface area contributed by atoms with Crippen LogP contribution in [0.5, 0.6) is 0 Å². The van der Waals surface area contributed by atoms with Crippen LogP contribution in [0.3, 0.4) is 0 Å². The van der Waals surface area contributed by atoms with Crippen molar-refractivity contribution in [1.29, 1.82) is 0 Å². The van der Waals surface area contributed by atoms with Gasteiger partial charge in [0.1, 0.15) is 0 Å². The number of hydrogen-bond donors (Lipinski definition) is 2. The molecule has 1 aliphatic rings. The second kappa shape index (κ2) is 8.92.